The highest BCUT2D eigenvalue weighted by atomic mass is 19.4. The Kier molecular flexibility index (Phi) is 6.09. The van der Waals surface area contributed by atoms with E-state index in [2.05, 4.69) is 0 Å². The number of carbonyl (C=O) groups excluding carboxylic acids is 1. The van der Waals surface area contributed by atoms with E-state index in [0.29, 0.717) is 5.56 Å². The molecule has 0 spiro atoms. The molecule has 0 radical (unpaired) electrons. The summed E-state index contributed by atoms with van der Waals surface area (Å²) < 4.78 is 44.0. The van der Waals surface area contributed by atoms with Crippen molar-refractivity contribution in [2.45, 2.75) is 70.7 Å². The van der Waals surface area contributed by atoms with Crippen molar-refractivity contribution >= 4 is 5.97 Å². The van der Waals surface area contributed by atoms with Crippen LogP contribution in [0.1, 0.15) is 58.1 Å². The van der Waals surface area contributed by atoms with Crippen molar-refractivity contribution in [2.75, 3.05) is 0 Å². The molecule has 0 saturated heterocycles. The highest BCUT2D eigenvalue weighted by molar-refractivity contribution is 5.81. The first-order valence-electron chi connectivity index (χ1n) is 7.90. The number of rotatable bonds is 5. The maximum absolute atomic E-state index is 13.0. The normalized spacial score (nSPS) is 15.2. The Morgan fingerprint density at radius 1 is 1.21 bits per heavy atom. The molecule has 0 saturated carbocycles. The summed E-state index contributed by atoms with van der Waals surface area (Å²) in [6.45, 7) is 8.76. The van der Waals surface area contributed by atoms with E-state index in [1.54, 1.807) is 39.0 Å². The van der Waals surface area contributed by atoms with Gasteiger partial charge in [0.25, 0.3) is 0 Å². The first-order chi connectivity index (χ1) is 10.7. The number of benzene rings is 1. The molecule has 0 aliphatic carbocycles. The lowest BCUT2D eigenvalue weighted by molar-refractivity contribution is -0.179. The van der Waals surface area contributed by atoms with E-state index < -0.39 is 29.7 Å². The maximum atomic E-state index is 13.0. The zero-order valence-electron chi connectivity index (χ0n) is 14.8. The molecule has 0 aromatic heterocycles. The van der Waals surface area contributed by atoms with Crippen LogP contribution in [0.2, 0.25) is 0 Å². The summed E-state index contributed by atoms with van der Waals surface area (Å²) >= 11 is 0. The van der Waals surface area contributed by atoms with Crippen molar-refractivity contribution in [2.24, 2.45) is 5.73 Å². The van der Waals surface area contributed by atoms with Crippen LogP contribution in [0.4, 0.5) is 13.2 Å². The third-order valence-electron chi connectivity index (χ3n) is 3.46. The van der Waals surface area contributed by atoms with Gasteiger partial charge in [0.2, 0.25) is 0 Å². The minimum atomic E-state index is -4.57. The van der Waals surface area contributed by atoms with Gasteiger partial charge in [0.05, 0.1) is 6.42 Å². The number of carbonyl (C=O) groups is 1. The highest BCUT2D eigenvalue weighted by Gasteiger charge is 2.47. The van der Waals surface area contributed by atoms with Crippen molar-refractivity contribution < 1.29 is 22.7 Å². The quantitative estimate of drug-likeness (QED) is 0.808. The first-order valence-corrected chi connectivity index (χ1v) is 7.90. The van der Waals surface area contributed by atoms with E-state index in [-0.39, 0.29) is 12.3 Å². The number of halogens is 3. The minimum absolute atomic E-state index is 0.223. The molecular formula is C18H26F3NO2. The molecule has 0 bridgehead atoms. The number of esters is 1. The summed E-state index contributed by atoms with van der Waals surface area (Å²) in [5, 5.41) is 0. The molecule has 24 heavy (non-hydrogen) atoms. The van der Waals surface area contributed by atoms with Crippen LogP contribution in [0.5, 0.6) is 0 Å². The molecule has 0 heterocycles. The van der Waals surface area contributed by atoms with Gasteiger partial charge in [-0.1, -0.05) is 38.1 Å². The molecule has 1 rings (SSSR count). The van der Waals surface area contributed by atoms with Crippen LogP contribution in [0.3, 0.4) is 0 Å². The molecule has 3 nitrogen and oxygen atoms in total. The second-order valence-electron chi connectivity index (χ2n) is 7.53. The second-order valence-corrected chi connectivity index (χ2v) is 7.53. The standard InChI is InChI=1S/C18H26F3NO2/c1-12(2)14-8-6-7-13(9-14)10-17(22,11-18(19,20)21)15(23)24-16(3,4)5/h6-9,12H,10-11,22H2,1-5H3/t17-/m0/s1. The Morgan fingerprint density at radius 2 is 1.79 bits per heavy atom. The molecule has 6 heteroatoms. The summed E-state index contributed by atoms with van der Waals surface area (Å²) in [5.41, 5.74) is 4.40. The van der Waals surface area contributed by atoms with Crippen LogP contribution < -0.4 is 5.73 Å². The fourth-order valence-corrected chi connectivity index (χ4v) is 2.37. The summed E-state index contributed by atoms with van der Waals surface area (Å²) in [4.78, 5) is 12.3. The van der Waals surface area contributed by atoms with Crippen LogP contribution in [-0.2, 0) is 16.0 Å². The van der Waals surface area contributed by atoms with Gasteiger partial charge in [-0.3, -0.25) is 4.79 Å². The first kappa shape index (κ1) is 20.5. The van der Waals surface area contributed by atoms with Gasteiger partial charge in [0.15, 0.2) is 0 Å². The van der Waals surface area contributed by atoms with Gasteiger partial charge < -0.3 is 10.5 Å². The molecule has 0 aliphatic rings. The van der Waals surface area contributed by atoms with Gasteiger partial charge in [-0.15, -0.1) is 0 Å². The van der Waals surface area contributed by atoms with E-state index in [9.17, 15) is 18.0 Å². The number of ether oxygens (including phenoxy) is 1. The van der Waals surface area contributed by atoms with Crippen molar-refractivity contribution in [3.8, 4) is 0 Å². The Hall–Kier alpha value is -1.56. The topological polar surface area (TPSA) is 52.3 Å². The molecule has 0 unspecified atom stereocenters. The molecule has 1 atom stereocenters. The van der Waals surface area contributed by atoms with E-state index in [1.165, 1.54) is 0 Å². The minimum Gasteiger partial charge on any atom is -0.459 e. The highest BCUT2D eigenvalue weighted by Crippen LogP contribution is 2.31. The van der Waals surface area contributed by atoms with Gasteiger partial charge in [-0.05, 0) is 37.8 Å². The number of alkyl halides is 3. The predicted molar refractivity (Wildman–Crippen MR) is 87.7 cm³/mol. The second kappa shape index (κ2) is 7.13. The van der Waals surface area contributed by atoms with Gasteiger partial charge in [-0.25, -0.2) is 0 Å². The SMILES string of the molecule is CC(C)c1cccc(C[C@](N)(CC(F)(F)F)C(=O)OC(C)(C)C)c1. The number of hydrogen-bond acceptors (Lipinski definition) is 3. The zero-order chi connectivity index (χ0) is 18.8. The molecule has 0 amide bonds. The van der Waals surface area contributed by atoms with E-state index in [0.717, 1.165) is 5.56 Å². The van der Waals surface area contributed by atoms with Crippen LogP contribution >= 0.6 is 0 Å². The Bertz CT molecular complexity index is 576. The van der Waals surface area contributed by atoms with Crippen LogP contribution in [0.25, 0.3) is 0 Å². The van der Waals surface area contributed by atoms with Crippen molar-refractivity contribution in [3.63, 3.8) is 0 Å². The molecule has 1 aromatic carbocycles. The molecule has 2 N–H and O–H groups in total. The van der Waals surface area contributed by atoms with Crippen LogP contribution in [-0.4, -0.2) is 23.3 Å². The fraction of sp³-hybridized carbons (Fsp3) is 0.611. The van der Waals surface area contributed by atoms with E-state index >= 15 is 0 Å². The predicted octanol–water partition coefficient (Wildman–Crippen LogP) is 4.34. The van der Waals surface area contributed by atoms with Gasteiger partial charge in [-0.2, -0.15) is 13.2 Å². The summed E-state index contributed by atoms with van der Waals surface area (Å²) in [6, 6.07) is 7.11. The molecule has 0 aliphatic heterocycles. The average molecular weight is 345 g/mol. The van der Waals surface area contributed by atoms with Crippen molar-refractivity contribution in [1.82, 2.24) is 0 Å². The largest absolute Gasteiger partial charge is 0.459 e. The lowest BCUT2D eigenvalue weighted by Crippen LogP contribution is -2.55. The lowest BCUT2D eigenvalue weighted by atomic mass is 9.86. The van der Waals surface area contributed by atoms with Crippen molar-refractivity contribution in [3.05, 3.63) is 35.4 Å². The maximum Gasteiger partial charge on any atom is 0.391 e. The third kappa shape index (κ3) is 6.51. The smallest absolute Gasteiger partial charge is 0.391 e. The molecule has 136 valence electrons. The Labute approximate surface area is 141 Å². The van der Waals surface area contributed by atoms with E-state index in [1.807, 2.05) is 19.9 Å². The number of nitrogens with two attached hydrogens (primary N) is 1. The Morgan fingerprint density at radius 3 is 2.25 bits per heavy atom. The molecule has 0 fully saturated rings. The fourth-order valence-electron chi connectivity index (χ4n) is 2.37. The van der Waals surface area contributed by atoms with Crippen LogP contribution in [0, 0.1) is 0 Å². The van der Waals surface area contributed by atoms with Gasteiger partial charge in [0.1, 0.15) is 11.1 Å². The molecular weight excluding hydrogens is 319 g/mol. The number of hydrogen-bond donors (Lipinski definition) is 1. The monoisotopic (exact) mass is 345 g/mol. The third-order valence-corrected chi connectivity index (χ3v) is 3.46. The van der Waals surface area contributed by atoms with Gasteiger partial charge >= 0.3 is 12.1 Å². The van der Waals surface area contributed by atoms with E-state index in [4.69, 9.17) is 10.5 Å². The summed E-state index contributed by atoms with van der Waals surface area (Å²) in [7, 11) is 0. The van der Waals surface area contributed by atoms with Crippen LogP contribution in [0.15, 0.2) is 24.3 Å². The Balaban J connectivity index is 3.14. The molecule has 1 aromatic rings. The lowest BCUT2D eigenvalue weighted by Gasteiger charge is -2.32. The average Bonchev–Trinajstić information content (AvgIpc) is 2.34. The summed E-state index contributed by atoms with van der Waals surface area (Å²) in [5.74, 6) is -0.816. The summed E-state index contributed by atoms with van der Waals surface area (Å²) in [6.07, 6.45) is -6.23. The van der Waals surface area contributed by atoms with Crippen molar-refractivity contribution in [1.29, 1.82) is 0 Å². The zero-order valence-corrected chi connectivity index (χ0v) is 14.8. The van der Waals surface area contributed by atoms with Gasteiger partial charge in [0, 0.05) is 6.42 Å².